The Labute approximate surface area is 187 Å². The standard InChI is InChI=1S/C16H11ClN2.C12H10/c17-14-8-6-13(7-9-14)16-10-15(18-11-19-16)12-4-2-1-3-5-12;1-3-7-11(8-4-1)12-9-5-2-6-10-12/h1-11H;1-10H. The van der Waals surface area contributed by atoms with Gasteiger partial charge in [-0.25, -0.2) is 9.97 Å². The zero-order chi connectivity index (χ0) is 21.3. The molecule has 1 heterocycles. The first kappa shape index (κ1) is 20.5. The van der Waals surface area contributed by atoms with Crippen molar-refractivity contribution in [3.63, 3.8) is 0 Å². The number of benzene rings is 4. The molecule has 31 heavy (non-hydrogen) atoms. The number of aromatic nitrogens is 2. The van der Waals surface area contributed by atoms with Gasteiger partial charge in [0.25, 0.3) is 0 Å². The zero-order valence-corrected chi connectivity index (χ0v) is 17.7. The largest absolute Gasteiger partial charge is 0.236 e. The highest BCUT2D eigenvalue weighted by molar-refractivity contribution is 6.30. The van der Waals surface area contributed by atoms with Crippen LogP contribution in [0, 0.1) is 0 Å². The molecule has 0 amide bonds. The van der Waals surface area contributed by atoms with Gasteiger partial charge in [0, 0.05) is 16.1 Å². The Hall–Kier alpha value is -3.75. The summed E-state index contributed by atoms with van der Waals surface area (Å²) in [7, 11) is 0. The van der Waals surface area contributed by atoms with Crippen molar-refractivity contribution >= 4 is 11.6 Å². The first-order chi connectivity index (χ1) is 15.3. The predicted molar refractivity (Wildman–Crippen MR) is 130 cm³/mol. The molecular weight excluding hydrogens is 400 g/mol. The molecule has 0 aliphatic rings. The second-order valence-corrected chi connectivity index (χ2v) is 7.33. The molecule has 1 aromatic heterocycles. The van der Waals surface area contributed by atoms with Crippen LogP contribution in [0.15, 0.2) is 128 Å². The van der Waals surface area contributed by atoms with Gasteiger partial charge in [-0.3, -0.25) is 0 Å². The normalized spacial score (nSPS) is 10.1. The van der Waals surface area contributed by atoms with Crippen LogP contribution in [0.5, 0.6) is 0 Å². The molecule has 0 aliphatic carbocycles. The van der Waals surface area contributed by atoms with E-state index in [0.717, 1.165) is 27.5 Å². The molecule has 0 atom stereocenters. The maximum Gasteiger partial charge on any atom is 0.116 e. The van der Waals surface area contributed by atoms with E-state index < -0.39 is 0 Å². The van der Waals surface area contributed by atoms with Crippen molar-refractivity contribution in [1.29, 1.82) is 0 Å². The average molecular weight is 421 g/mol. The first-order valence-corrected chi connectivity index (χ1v) is 10.4. The van der Waals surface area contributed by atoms with Crippen LogP contribution in [0.25, 0.3) is 33.6 Å². The summed E-state index contributed by atoms with van der Waals surface area (Å²) in [5.74, 6) is 0. The molecular formula is C28H21ClN2. The highest BCUT2D eigenvalue weighted by atomic mass is 35.5. The molecule has 5 aromatic rings. The van der Waals surface area contributed by atoms with E-state index >= 15 is 0 Å². The van der Waals surface area contributed by atoms with Gasteiger partial charge in [0.05, 0.1) is 11.4 Å². The Morgan fingerprint density at radius 2 is 0.806 bits per heavy atom. The van der Waals surface area contributed by atoms with Crippen molar-refractivity contribution in [2.75, 3.05) is 0 Å². The number of hydrogen-bond donors (Lipinski definition) is 0. The molecule has 0 fully saturated rings. The van der Waals surface area contributed by atoms with Gasteiger partial charge in [0.2, 0.25) is 0 Å². The van der Waals surface area contributed by atoms with Crippen molar-refractivity contribution in [3.8, 4) is 33.6 Å². The van der Waals surface area contributed by atoms with Gasteiger partial charge in [-0.1, -0.05) is 115 Å². The quantitative estimate of drug-likeness (QED) is 0.297. The second-order valence-electron chi connectivity index (χ2n) is 6.89. The molecule has 0 saturated carbocycles. The van der Waals surface area contributed by atoms with Crippen LogP contribution >= 0.6 is 11.6 Å². The molecule has 4 aromatic carbocycles. The minimum Gasteiger partial charge on any atom is -0.236 e. The van der Waals surface area contributed by atoms with Crippen LogP contribution in [0.2, 0.25) is 5.02 Å². The van der Waals surface area contributed by atoms with Crippen LogP contribution in [-0.4, -0.2) is 9.97 Å². The van der Waals surface area contributed by atoms with E-state index in [1.54, 1.807) is 6.33 Å². The Bertz CT molecular complexity index is 1170. The van der Waals surface area contributed by atoms with Crippen LogP contribution < -0.4 is 0 Å². The topological polar surface area (TPSA) is 25.8 Å². The van der Waals surface area contributed by atoms with Crippen molar-refractivity contribution in [1.82, 2.24) is 9.97 Å². The smallest absolute Gasteiger partial charge is 0.116 e. The number of halogens is 1. The van der Waals surface area contributed by atoms with E-state index in [2.05, 4.69) is 58.5 Å². The highest BCUT2D eigenvalue weighted by Gasteiger charge is 2.03. The lowest BCUT2D eigenvalue weighted by atomic mass is 10.1. The lowest BCUT2D eigenvalue weighted by Gasteiger charge is -2.04. The number of rotatable bonds is 3. The van der Waals surface area contributed by atoms with Crippen molar-refractivity contribution < 1.29 is 0 Å². The van der Waals surface area contributed by atoms with Gasteiger partial charge >= 0.3 is 0 Å². The van der Waals surface area contributed by atoms with E-state index in [0.29, 0.717) is 0 Å². The van der Waals surface area contributed by atoms with E-state index in [9.17, 15) is 0 Å². The second kappa shape index (κ2) is 10.3. The minimum absolute atomic E-state index is 0.723. The summed E-state index contributed by atoms with van der Waals surface area (Å²) in [6, 6.07) is 40.5. The Morgan fingerprint density at radius 3 is 1.26 bits per heavy atom. The molecule has 0 unspecified atom stereocenters. The summed E-state index contributed by atoms with van der Waals surface area (Å²) < 4.78 is 0. The van der Waals surface area contributed by atoms with Gasteiger partial charge in [0.15, 0.2) is 0 Å². The third kappa shape index (κ3) is 5.65. The summed E-state index contributed by atoms with van der Waals surface area (Å²) in [5, 5.41) is 0.723. The molecule has 2 nitrogen and oxygen atoms in total. The molecule has 0 saturated heterocycles. The van der Waals surface area contributed by atoms with Crippen LogP contribution in [0.4, 0.5) is 0 Å². The Balaban J connectivity index is 0.000000166. The van der Waals surface area contributed by atoms with E-state index in [-0.39, 0.29) is 0 Å². The van der Waals surface area contributed by atoms with Gasteiger partial charge < -0.3 is 0 Å². The highest BCUT2D eigenvalue weighted by Crippen LogP contribution is 2.23. The minimum atomic E-state index is 0.723. The maximum atomic E-state index is 5.89. The van der Waals surface area contributed by atoms with Crippen molar-refractivity contribution in [2.24, 2.45) is 0 Å². The molecule has 0 radical (unpaired) electrons. The van der Waals surface area contributed by atoms with Gasteiger partial charge in [-0.05, 0) is 29.3 Å². The van der Waals surface area contributed by atoms with Crippen molar-refractivity contribution in [3.05, 3.63) is 133 Å². The van der Waals surface area contributed by atoms with Crippen LogP contribution in [0.1, 0.15) is 0 Å². The number of hydrogen-bond acceptors (Lipinski definition) is 2. The SMILES string of the molecule is Clc1ccc(-c2cc(-c3ccccc3)ncn2)cc1.c1ccc(-c2ccccc2)cc1. The molecule has 5 rings (SSSR count). The summed E-state index contributed by atoms with van der Waals surface area (Å²) in [6.07, 6.45) is 1.59. The summed E-state index contributed by atoms with van der Waals surface area (Å²) in [5.41, 5.74) is 6.48. The van der Waals surface area contributed by atoms with Gasteiger partial charge in [-0.2, -0.15) is 0 Å². The summed E-state index contributed by atoms with van der Waals surface area (Å²) >= 11 is 5.89. The van der Waals surface area contributed by atoms with E-state index in [1.165, 1.54) is 11.1 Å². The molecule has 0 bridgehead atoms. The summed E-state index contributed by atoms with van der Waals surface area (Å²) in [4.78, 5) is 8.63. The monoisotopic (exact) mass is 420 g/mol. The third-order valence-corrected chi connectivity index (χ3v) is 5.01. The third-order valence-electron chi connectivity index (χ3n) is 4.76. The summed E-state index contributed by atoms with van der Waals surface area (Å²) in [6.45, 7) is 0. The maximum absolute atomic E-state index is 5.89. The lowest BCUT2D eigenvalue weighted by molar-refractivity contribution is 1.18. The van der Waals surface area contributed by atoms with Crippen molar-refractivity contribution in [2.45, 2.75) is 0 Å². The van der Waals surface area contributed by atoms with Gasteiger partial charge in [-0.15, -0.1) is 0 Å². The van der Waals surface area contributed by atoms with E-state index in [1.807, 2.05) is 72.8 Å². The van der Waals surface area contributed by atoms with E-state index in [4.69, 9.17) is 11.6 Å². The number of nitrogens with zero attached hydrogens (tertiary/aromatic N) is 2. The fourth-order valence-corrected chi connectivity index (χ4v) is 3.29. The lowest BCUT2D eigenvalue weighted by Crippen LogP contribution is -1.88. The predicted octanol–water partition coefficient (Wildman–Crippen LogP) is 7.82. The zero-order valence-electron chi connectivity index (χ0n) is 16.9. The molecule has 0 spiro atoms. The average Bonchev–Trinajstić information content (AvgIpc) is 2.87. The van der Waals surface area contributed by atoms with Crippen LogP contribution in [-0.2, 0) is 0 Å². The Kier molecular flexibility index (Phi) is 6.84. The molecule has 0 aliphatic heterocycles. The fraction of sp³-hybridized carbons (Fsp3) is 0. The fourth-order valence-electron chi connectivity index (χ4n) is 3.16. The Morgan fingerprint density at radius 1 is 0.419 bits per heavy atom. The molecule has 3 heteroatoms. The van der Waals surface area contributed by atoms with Gasteiger partial charge in [0.1, 0.15) is 6.33 Å². The van der Waals surface area contributed by atoms with Crippen LogP contribution in [0.3, 0.4) is 0 Å². The first-order valence-electron chi connectivity index (χ1n) is 10.0. The molecule has 0 N–H and O–H groups in total. The molecule has 150 valence electrons.